The second-order valence-corrected chi connectivity index (χ2v) is 6.44. The molecule has 0 saturated carbocycles. The van der Waals surface area contributed by atoms with E-state index in [2.05, 4.69) is 58.6 Å². The molecule has 0 aliphatic heterocycles. The average Bonchev–Trinajstić information content (AvgIpc) is 3.12. The minimum atomic E-state index is 0.578. The Labute approximate surface area is 152 Å². The molecule has 4 rings (SSSR count). The third-order valence-corrected chi connectivity index (χ3v) is 4.74. The Kier molecular flexibility index (Phi) is 4.35. The number of nitrogens with zero attached hydrogens (tertiary/aromatic N) is 4. The fourth-order valence-electron chi connectivity index (χ4n) is 3.00. The Bertz CT molecular complexity index is 1020. The summed E-state index contributed by atoms with van der Waals surface area (Å²) >= 11 is 0. The van der Waals surface area contributed by atoms with E-state index < -0.39 is 0 Å². The molecule has 0 amide bonds. The molecule has 1 aromatic carbocycles. The lowest BCUT2D eigenvalue weighted by molar-refractivity contribution is 0.734. The van der Waals surface area contributed by atoms with Gasteiger partial charge in [-0.2, -0.15) is 14.8 Å². The largest absolute Gasteiger partial charge is 0.340 e. The Morgan fingerprint density at radius 2 is 1.88 bits per heavy atom. The first-order valence-electron chi connectivity index (χ1n) is 8.87. The topological polar surface area (TPSA) is 55.1 Å². The molecule has 5 heteroatoms. The lowest BCUT2D eigenvalue weighted by Gasteiger charge is -2.11. The molecule has 0 spiro atoms. The van der Waals surface area contributed by atoms with Gasteiger partial charge in [-0.3, -0.25) is 0 Å². The fraction of sp³-hybridized carbons (Fsp3) is 0.190. The molecule has 0 saturated heterocycles. The van der Waals surface area contributed by atoms with Crippen LogP contribution in [0.3, 0.4) is 0 Å². The fourth-order valence-corrected chi connectivity index (χ4v) is 3.00. The van der Waals surface area contributed by atoms with Crippen LogP contribution in [0.5, 0.6) is 0 Å². The summed E-state index contributed by atoms with van der Waals surface area (Å²) in [6.07, 6.45) is 6.52. The Balaban J connectivity index is 1.60. The van der Waals surface area contributed by atoms with Crippen LogP contribution in [0.15, 0.2) is 67.1 Å². The molecule has 3 aromatic heterocycles. The minimum absolute atomic E-state index is 0.578. The van der Waals surface area contributed by atoms with Crippen molar-refractivity contribution in [2.24, 2.45) is 0 Å². The van der Waals surface area contributed by atoms with Crippen LogP contribution in [0, 0.1) is 0 Å². The van der Waals surface area contributed by atoms with Crippen LogP contribution >= 0.6 is 0 Å². The highest BCUT2D eigenvalue weighted by Crippen LogP contribution is 2.27. The van der Waals surface area contributed by atoms with E-state index in [1.165, 1.54) is 5.56 Å². The van der Waals surface area contributed by atoms with Crippen molar-refractivity contribution in [3.05, 3.63) is 72.7 Å². The zero-order valence-electron chi connectivity index (χ0n) is 14.9. The maximum Gasteiger partial charge on any atom is 0.130 e. The first-order chi connectivity index (χ1) is 12.7. The van der Waals surface area contributed by atoms with E-state index in [4.69, 9.17) is 0 Å². The standard InChI is InChI=1S/C21H21N5/c1-3-15(2)16-6-8-18(9-7-16)25-21-13-17(10-12-22-21)19-14-24-26-20(19)5-4-11-23-26/h4-15H,3H2,1-2H3,(H,22,25). The molecule has 0 fully saturated rings. The molecule has 0 aliphatic carbocycles. The molecule has 3 heterocycles. The summed E-state index contributed by atoms with van der Waals surface area (Å²) in [6, 6.07) is 16.5. The van der Waals surface area contributed by atoms with Crippen molar-refractivity contribution >= 4 is 17.0 Å². The van der Waals surface area contributed by atoms with E-state index in [0.717, 1.165) is 34.6 Å². The second-order valence-electron chi connectivity index (χ2n) is 6.44. The Morgan fingerprint density at radius 3 is 2.69 bits per heavy atom. The highest BCUT2D eigenvalue weighted by atomic mass is 15.4. The monoisotopic (exact) mass is 343 g/mol. The second kappa shape index (κ2) is 6.96. The number of benzene rings is 1. The Hall–Kier alpha value is -3.21. The summed E-state index contributed by atoms with van der Waals surface area (Å²) in [5.74, 6) is 1.39. The van der Waals surface area contributed by atoms with Crippen LogP contribution in [0.25, 0.3) is 16.6 Å². The summed E-state index contributed by atoms with van der Waals surface area (Å²) in [7, 11) is 0. The number of rotatable bonds is 5. The number of hydrogen-bond donors (Lipinski definition) is 1. The molecular weight excluding hydrogens is 322 g/mol. The SMILES string of the molecule is CCC(C)c1ccc(Nc2cc(-c3cnn4ncccc34)ccn2)cc1. The van der Waals surface area contributed by atoms with Gasteiger partial charge in [-0.15, -0.1) is 0 Å². The minimum Gasteiger partial charge on any atom is -0.340 e. The van der Waals surface area contributed by atoms with Crippen LogP contribution in [0.1, 0.15) is 31.7 Å². The van der Waals surface area contributed by atoms with Crippen LogP contribution in [0.2, 0.25) is 0 Å². The lowest BCUT2D eigenvalue weighted by Crippen LogP contribution is -1.95. The van der Waals surface area contributed by atoms with E-state index in [9.17, 15) is 0 Å². The van der Waals surface area contributed by atoms with Crippen molar-refractivity contribution in [2.45, 2.75) is 26.2 Å². The van der Waals surface area contributed by atoms with Gasteiger partial charge in [-0.25, -0.2) is 4.98 Å². The van der Waals surface area contributed by atoms with Crippen LogP contribution in [-0.4, -0.2) is 19.8 Å². The summed E-state index contributed by atoms with van der Waals surface area (Å²) < 4.78 is 1.64. The molecule has 130 valence electrons. The normalized spacial score (nSPS) is 12.2. The van der Waals surface area contributed by atoms with Gasteiger partial charge in [-0.05, 0) is 59.9 Å². The number of aromatic nitrogens is 4. The van der Waals surface area contributed by atoms with E-state index in [0.29, 0.717) is 5.92 Å². The van der Waals surface area contributed by atoms with Gasteiger partial charge in [0.25, 0.3) is 0 Å². The highest BCUT2D eigenvalue weighted by molar-refractivity contribution is 5.80. The first kappa shape index (κ1) is 16.3. The molecule has 0 bridgehead atoms. The lowest BCUT2D eigenvalue weighted by atomic mass is 9.99. The predicted molar refractivity (Wildman–Crippen MR) is 105 cm³/mol. The molecular formula is C21H21N5. The molecule has 1 unspecified atom stereocenters. The van der Waals surface area contributed by atoms with E-state index in [1.54, 1.807) is 10.8 Å². The van der Waals surface area contributed by atoms with Crippen molar-refractivity contribution in [3.8, 4) is 11.1 Å². The number of hydrogen-bond acceptors (Lipinski definition) is 4. The van der Waals surface area contributed by atoms with Gasteiger partial charge in [0.2, 0.25) is 0 Å². The van der Waals surface area contributed by atoms with E-state index in [1.807, 2.05) is 36.7 Å². The predicted octanol–water partition coefficient (Wildman–Crippen LogP) is 5.05. The van der Waals surface area contributed by atoms with Gasteiger partial charge in [-0.1, -0.05) is 26.0 Å². The zero-order valence-corrected chi connectivity index (χ0v) is 14.9. The maximum absolute atomic E-state index is 4.44. The van der Waals surface area contributed by atoms with Crippen LogP contribution in [-0.2, 0) is 0 Å². The first-order valence-corrected chi connectivity index (χ1v) is 8.87. The molecule has 0 aliphatic rings. The van der Waals surface area contributed by atoms with Gasteiger partial charge < -0.3 is 5.32 Å². The molecule has 1 N–H and O–H groups in total. The third kappa shape index (κ3) is 3.16. The van der Waals surface area contributed by atoms with Gasteiger partial charge in [0.1, 0.15) is 5.82 Å². The molecule has 4 aromatic rings. The van der Waals surface area contributed by atoms with Gasteiger partial charge in [0.15, 0.2) is 0 Å². The van der Waals surface area contributed by atoms with E-state index >= 15 is 0 Å². The highest BCUT2D eigenvalue weighted by Gasteiger charge is 2.08. The summed E-state index contributed by atoms with van der Waals surface area (Å²) in [6.45, 7) is 4.46. The van der Waals surface area contributed by atoms with Crippen LogP contribution < -0.4 is 5.32 Å². The van der Waals surface area contributed by atoms with Crippen molar-refractivity contribution in [2.75, 3.05) is 5.32 Å². The van der Waals surface area contributed by atoms with Crippen molar-refractivity contribution < 1.29 is 0 Å². The van der Waals surface area contributed by atoms with Crippen molar-refractivity contribution in [1.82, 2.24) is 19.8 Å². The summed E-state index contributed by atoms with van der Waals surface area (Å²) in [5, 5.41) is 11.9. The maximum atomic E-state index is 4.44. The zero-order chi connectivity index (χ0) is 17.9. The number of pyridine rings is 1. The van der Waals surface area contributed by atoms with Crippen molar-refractivity contribution in [1.29, 1.82) is 0 Å². The van der Waals surface area contributed by atoms with Crippen molar-refractivity contribution in [3.63, 3.8) is 0 Å². The summed E-state index contributed by atoms with van der Waals surface area (Å²) in [4.78, 5) is 4.44. The van der Waals surface area contributed by atoms with Crippen LogP contribution in [0.4, 0.5) is 11.5 Å². The molecule has 1 atom stereocenters. The number of anilines is 2. The third-order valence-electron chi connectivity index (χ3n) is 4.74. The average molecular weight is 343 g/mol. The van der Waals surface area contributed by atoms with E-state index in [-0.39, 0.29) is 0 Å². The quantitative estimate of drug-likeness (QED) is 0.551. The van der Waals surface area contributed by atoms with Gasteiger partial charge in [0, 0.05) is 23.6 Å². The van der Waals surface area contributed by atoms with Gasteiger partial charge in [0.05, 0.1) is 11.7 Å². The molecule has 5 nitrogen and oxygen atoms in total. The summed E-state index contributed by atoms with van der Waals surface area (Å²) in [5.41, 5.74) is 5.46. The number of nitrogens with one attached hydrogen (secondary N) is 1. The van der Waals surface area contributed by atoms with Gasteiger partial charge >= 0.3 is 0 Å². The number of fused-ring (bicyclic) bond motifs is 1. The molecule has 26 heavy (non-hydrogen) atoms. The molecule has 0 radical (unpaired) electrons. The Morgan fingerprint density at radius 1 is 1.04 bits per heavy atom. The smallest absolute Gasteiger partial charge is 0.130 e.